The molecule has 0 aliphatic heterocycles. The number of carbonyl (C=O) groups is 2. The Morgan fingerprint density at radius 3 is 1.90 bits per heavy atom. The minimum atomic E-state index is -0.265. The van der Waals surface area contributed by atoms with Crippen molar-refractivity contribution in [3.63, 3.8) is 0 Å². The Balaban J connectivity index is 2.55. The first-order valence-electron chi connectivity index (χ1n) is 12.1. The van der Waals surface area contributed by atoms with E-state index >= 15 is 0 Å². The molecular formula is C26H42O4. The highest BCUT2D eigenvalue weighted by molar-refractivity contribution is 5.77. The van der Waals surface area contributed by atoms with Crippen LogP contribution in [0.3, 0.4) is 0 Å². The topological polar surface area (TPSA) is 52.6 Å². The second kappa shape index (κ2) is 16.9. The molecule has 0 spiro atoms. The first kappa shape index (κ1) is 26.2. The number of carbonyl (C=O) groups excluding carboxylic acids is 2. The van der Waals surface area contributed by atoms with Crippen molar-refractivity contribution in [2.75, 3.05) is 0 Å². The summed E-state index contributed by atoms with van der Waals surface area (Å²) in [6.07, 6.45) is 14.3. The summed E-state index contributed by atoms with van der Waals surface area (Å²) in [6.45, 7) is 6.46. The van der Waals surface area contributed by atoms with Crippen LogP contribution in [-0.2, 0) is 9.59 Å². The molecule has 0 N–H and O–H groups in total. The van der Waals surface area contributed by atoms with Gasteiger partial charge in [0.25, 0.3) is 0 Å². The third kappa shape index (κ3) is 11.4. The third-order valence-corrected chi connectivity index (χ3v) is 5.39. The molecule has 30 heavy (non-hydrogen) atoms. The maximum absolute atomic E-state index is 12.7. The monoisotopic (exact) mass is 418 g/mol. The molecule has 170 valence electrons. The minimum absolute atomic E-state index is 0.0984. The van der Waals surface area contributed by atoms with Crippen molar-refractivity contribution >= 4 is 11.9 Å². The van der Waals surface area contributed by atoms with Crippen molar-refractivity contribution in [2.24, 2.45) is 5.92 Å². The number of para-hydroxylation sites is 2. The molecule has 0 bridgehead atoms. The average Bonchev–Trinajstić information content (AvgIpc) is 2.74. The molecule has 0 heterocycles. The van der Waals surface area contributed by atoms with Gasteiger partial charge in [-0.2, -0.15) is 0 Å². The number of hydrogen-bond acceptors (Lipinski definition) is 4. The Morgan fingerprint density at radius 2 is 1.27 bits per heavy atom. The maximum atomic E-state index is 12.7. The zero-order chi connectivity index (χ0) is 22.0. The Labute approximate surface area is 183 Å². The highest BCUT2D eigenvalue weighted by Gasteiger charge is 2.21. The zero-order valence-electron chi connectivity index (χ0n) is 19.4. The predicted octanol–water partition coefficient (Wildman–Crippen LogP) is 7.63. The van der Waals surface area contributed by atoms with Gasteiger partial charge in [0.15, 0.2) is 11.5 Å². The van der Waals surface area contributed by atoms with Gasteiger partial charge >= 0.3 is 11.9 Å². The van der Waals surface area contributed by atoms with E-state index in [9.17, 15) is 9.59 Å². The minimum Gasteiger partial charge on any atom is -0.423 e. The van der Waals surface area contributed by atoms with Gasteiger partial charge in [-0.1, -0.05) is 97.1 Å². The van der Waals surface area contributed by atoms with Crippen LogP contribution in [0.2, 0.25) is 0 Å². The Morgan fingerprint density at radius 1 is 0.700 bits per heavy atom. The largest absolute Gasteiger partial charge is 0.423 e. The standard InChI is InChI=1S/C26H42O4/c1-4-7-9-11-12-14-21-25(27)29-23-19-15-16-20-24(23)30-26(28)22(17-6-3)18-13-10-8-5-2/h15-16,19-20,22H,4-14,17-18,21H2,1-3H3. The molecule has 1 unspecified atom stereocenters. The lowest BCUT2D eigenvalue weighted by Gasteiger charge is -2.16. The van der Waals surface area contributed by atoms with Gasteiger partial charge in [-0.3, -0.25) is 9.59 Å². The van der Waals surface area contributed by atoms with Gasteiger partial charge in [0, 0.05) is 6.42 Å². The SMILES string of the molecule is CCCCCCCCC(=O)Oc1ccccc1OC(=O)C(CCC)CCCCCC. The quantitative estimate of drug-likeness (QED) is 0.148. The van der Waals surface area contributed by atoms with E-state index in [2.05, 4.69) is 20.8 Å². The van der Waals surface area contributed by atoms with Crippen LogP contribution in [0.1, 0.15) is 111 Å². The fourth-order valence-electron chi connectivity index (χ4n) is 3.58. The van der Waals surface area contributed by atoms with Crippen LogP contribution >= 0.6 is 0 Å². The van der Waals surface area contributed by atoms with Crippen LogP contribution in [0, 0.1) is 5.92 Å². The lowest BCUT2D eigenvalue weighted by Crippen LogP contribution is -2.21. The molecule has 0 saturated carbocycles. The van der Waals surface area contributed by atoms with Gasteiger partial charge in [-0.05, 0) is 31.4 Å². The number of esters is 2. The molecule has 0 fully saturated rings. The van der Waals surface area contributed by atoms with E-state index < -0.39 is 0 Å². The number of ether oxygens (including phenoxy) is 2. The molecule has 1 aromatic carbocycles. The summed E-state index contributed by atoms with van der Waals surface area (Å²) >= 11 is 0. The highest BCUT2D eigenvalue weighted by atomic mass is 16.6. The van der Waals surface area contributed by atoms with E-state index in [4.69, 9.17) is 9.47 Å². The molecule has 1 aromatic rings. The molecular weight excluding hydrogens is 376 g/mol. The van der Waals surface area contributed by atoms with Crippen molar-refractivity contribution in [2.45, 2.75) is 111 Å². The van der Waals surface area contributed by atoms with E-state index in [1.807, 2.05) is 0 Å². The van der Waals surface area contributed by atoms with Crippen molar-refractivity contribution in [1.82, 2.24) is 0 Å². The number of benzene rings is 1. The van der Waals surface area contributed by atoms with Crippen molar-refractivity contribution in [3.05, 3.63) is 24.3 Å². The van der Waals surface area contributed by atoms with Crippen LogP contribution in [0.15, 0.2) is 24.3 Å². The second-order valence-corrected chi connectivity index (χ2v) is 8.19. The van der Waals surface area contributed by atoms with Gasteiger partial charge in [0.05, 0.1) is 5.92 Å². The summed E-state index contributed by atoms with van der Waals surface area (Å²) in [6, 6.07) is 6.98. The summed E-state index contributed by atoms with van der Waals surface area (Å²) in [5.41, 5.74) is 0. The number of rotatable bonds is 17. The molecule has 0 saturated heterocycles. The fourth-order valence-corrected chi connectivity index (χ4v) is 3.58. The molecule has 1 rings (SSSR count). The smallest absolute Gasteiger partial charge is 0.314 e. The third-order valence-electron chi connectivity index (χ3n) is 5.39. The van der Waals surface area contributed by atoms with Gasteiger partial charge in [0.1, 0.15) is 0 Å². The molecule has 0 aliphatic carbocycles. The maximum Gasteiger partial charge on any atom is 0.314 e. The lowest BCUT2D eigenvalue weighted by atomic mass is 9.96. The second-order valence-electron chi connectivity index (χ2n) is 8.19. The zero-order valence-corrected chi connectivity index (χ0v) is 19.4. The Kier molecular flexibility index (Phi) is 14.8. The van der Waals surface area contributed by atoms with Gasteiger partial charge in [0.2, 0.25) is 0 Å². The summed E-state index contributed by atoms with van der Waals surface area (Å²) in [4.78, 5) is 25.0. The normalized spacial score (nSPS) is 11.8. The van der Waals surface area contributed by atoms with E-state index in [1.54, 1.807) is 24.3 Å². The first-order chi connectivity index (χ1) is 14.6. The molecule has 4 nitrogen and oxygen atoms in total. The molecule has 0 amide bonds. The molecule has 1 atom stereocenters. The van der Waals surface area contributed by atoms with E-state index in [-0.39, 0.29) is 17.9 Å². The Bertz CT molecular complexity index is 596. The van der Waals surface area contributed by atoms with Gasteiger partial charge in [-0.25, -0.2) is 0 Å². The van der Waals surface area contributed by atoms with Crippen LogP contribution < -0.4 is 9.47 Å². The summed E-state index contributed by atoms with van der Waals surface area (Å²) < 4.78 is 11.2. The average molecular weight is 419 g/mol. The lowest BCUT2D eigenvalue weighted by molar-refractivity contribution is -0.140. The molecule has 0 radical (unpaired) electrons. The number of unbranched alkanes of at least 4 members (excludes halogenated alkanes) is 8. The van der Waals surface area contributed by atoms with Crippen LogP contribution in [0.5, 0.6) is 11.5 Å². The first-order valence-corrected chi connectivity index (χ1v) is 12.1. The van der Waals surface area contributed by atoms with Gasteiger partial charge in [-0.15, -0.1) is 0 Å². The predicted molar refractivity (Wildman–Crippen MR) is 123 cm³/mol. The van der Waals surface area contributed by atoms with Crippen molar-refractivity contribution in [1.29, 1.82) is 0 Å². The van der Waals surface area contributed by atoms with E-state index in [0.29, 0.717) is 17.9 Å². The summed E-state index contributed by atoms with van der Waals surface area (Å²) in [7, 11) is 0. The molecule has 0 aliphatic rings. The van der Waals surface area contributed by atoms with Gasteiger partial charge < -0.3 is 9.47 Å². The van der Waals surface area contributed by atoms with E-state index in [1.165, 1.54) is 32.1 Å². The summed E-state index contributed by atoms with van der Waals surface area (Å²) in [5.74, 6) is 0.0988. The van der Waals surface area contributed by atoms with Crippen LogP contribution in [0.4, 0.5) is 0 Å². The van der Waals surface area contributed by atoms with Crippen molar-refractivity contribution < 1.29 is 19.1 Å². The fraction of sp³-hybridized carbons (Fsp3) is 0.692. The van der Waals surface area contributed by atoms with Crippen molar-refractivity contribution in [3.8, 4) is 11.5 Å². The molecule has 0 aromatic heterocycles. The number of hydrogen-bond donors (Lipinski definition) is 0. The summed E-state index contributed by atoms with van der Waals surface area (Å²) in [5, 5.41) is 0. The van der Waals surface area contributed by atoms with Crippen LogP contribution in [-0.4, -0.2) is 11.9 Å². The molecule has 4 heteroatoms. The van der Waals surface area contributed by atoms with E-state index in [0.717, 1.165) is 51.4 Å². The Hall–Kier alpha value is -1.84. The highest BCUT2D eigenvalue weighted by Crippen LogP contribution is 2.29. The van der Waals surface area contributed by atoms with Crippen LogP contribution in [0.25, 0.3) is 0 Å².